The van der Waals surface area contributed by atoms with Gasteiger partial charge in [0.05, 0.1) is 0 Å². The Balaban J connectivity index is 1.55. The zero-order valence-corrected chi connectivity index (χ0v) is 18.4. The van der Waals surface area contributed by atoms with Crippen LogP contribution >= 0.6 is 0 Å². The smallest absolute Gasteiger partial charge is 0.164 e. The number of benzene rings is 4. The Hall–Kier alpha value is -3.85. The zero-order chi connectivity index (χ0) is 21.9. The predicted molar refractivity (Wildman–Crippen MR) is 131 cm³/mol. The number of fused-ring (bicyclic) bond motifs is 4. The molecule has 6 rings (SSSR count). The Kier molecular flexibility index (Phi) is 4.03. The van der Waals surface area contributed by atoms with Crippen LogP contribution in [0.1, 0.15) is 30.8 Å². The number of rotatable bonds is 2. The molecule has 4 aromatic carbocycles. The second-order valence-electron chi connectivity index (χ2n) is 8.99. The molecule has 0 amide bonds. The highest BCUT2D eigenvalue weighted by Gasteiger charge is 2.37. The number of hydrogen-bond donors (Lipinski definition) is 0. The second kappa shape index (κ2) is 6.83. The summed E-state index contributed by atoms with van der Waals surface area (Å²) >= 11 is 0. The van der Waals surface area contributed by atoms with Gasteiger partial charge in [0.2, 0.25) is 0 Å². The Bertz CT molecular complexity index is 1510. The highest BCUT2D eigenvalue weighted by molar-refractivity contribution is 5.88. The molecular formula is C29H23N3. The van der Waals surface area contributed by atoms with Crippen LogP contribution < -0.4 is 0 Å². The lowest BCUT2D eigenvalue weighted by Crippen LogP contribution is -2.17. The molecule has 0 radical (unpaired) electrons. The Labute approximate surface area is 187 Å². The van der Waals surface area contributed by atoms with E-state index in [0.717, 1.165) is 22.8 Å². The van der Waals surface area contributed by atoms with Gasteiger partial charge in [0.1, 0.15) is 5.82 Å². The highest BCUT2D eigenvalue weighted by atomic mass is 15.0. The van der Waals surface area contributed by atoms with Crippen molar-refractivity contribution in [3.8, 4) is 33.9 Å². The summed E-state index contributed by atoms with van der Waals surface area (Å²) in [5, 5.41) is 2.39. The molecule has 1 aromatic heterocycles. The number of nitrogens with zero attached hydrogens (tertiary/aromatic N) is 3. The van der Waals surface area contributed by atoms with Gasteiger partial charge in [0.15, 0.2) is 11.6 Å². The third-order valence-corrected chi connectivity index (χ3v) is 6.58. The molecule has 0 fully saturated rings. The van der Waals surface area contributed by atoms with Gasteiger partial charge in [0, 0.05) is 16.5 Å². The topological polar surface area (TPSA) is 38.7 Å². The van der Waals surface area contributed by atoms with Crippen LogP contribution in [0.15, 0.2) is 84.9 Å². The minimum atomic E-state index is -0.119. The lowest BCUT2D eigenvalue weighted by molar-refractivity contribution is 0.661. The minimum Gasteiger partial charge on any atom is -0.213 e. The van der Waals surface area contributed by atoms with Gasteiger partial charge in [-0.3, -0.25) is 0 Å². The van der Waals surface area contributed by atoms with Crippen LogP contribution in [0.5, 0.6) is 0 Å². The van der Waals surface area contributed by atoms with Crippen molar-refractivity contribution in [2.75, 3.05) is 0 Å². The first-order chi connectivity index (χ1) is 15.5. The van der Waals surface area contributed by atoms with Crippen LogP contribution in [0, 0.1) is 6.92 Å². The molecule has 0 saturated carbocycles. The maximum atomic E-state index is 4.96. The molecule has 1 aliphatic carbocycles. The van der Waals surface area contributed by atoms with Crippen LogP contribution in [0.25, 0.3) is 44.7 Å². The van der Waals surface area contributed by atoms with E-state index in [2.05, 4.69) is 104 Å². The van der Waals surface area contributed by atoms with Gasteiger partial charge >= 0.3 is 0 Å². The van der Waals surface area contributed by atoms with E-state index in [1.807, 2.05) is 6.92 Å². The molecule has 3 heteroatoms. The van der Waals surface area contributed by atoms with E-state index in [1.165, 1.54) is 33.0 Å². The maximum absolute atomic E-state index is 4.96. The molecule has 0 atom stereocenters. The van der Waals surface area contributed by atoms with Gasteiger partial charge in [-0.05, 0) is 46.0 Å². The maximum Gasteiger partial charge on any atom is 0.164 e. The molecular weight excluding hydrogens is 390 g/mol. The van der Waals surface area contributed by atoms with E-state index in [1.54, 1.807) is 0 Å². The van der Waals surface area contributed by atoms with Crippen molar-refractivity contribution in [2.45, 2.75) is 26.2 Å². The second-order valence-corrected chi connectivity index (χ2v) is 8.99. The van der Waals surface area contributed by atoms with Crippen molar-refractivity contribution >= 4 is 10.8 Å². The molecule has 0 bridgehead atoms. The van der Waals surface area contributed by atoms with Gasteiger partial charge < -0.3 is 0 Å². The van der Waals surface area contributed by atoms with Crippen molar-refractivity contribution in [1.29, 1.82) is 0 Å². The minimum absolute atomic E-state index is 0.119. The average Bonchev–Trinajstić information content (AvgIpc) is 3.06. The molecule has 0 spiro atoms. The van der Waals surface area contributed by atoms with Crippen LogP contribution in [-0.2, 0) is 5.41 Å². The molecule has 3 nitrogen and oxygen atoms in total. The molecule has 0 saturated heterocycles. The normalized spacial score (nSPS) is 13.7. The van der Waals surface area contributed by atoms with E-state index >= 15 is 0 Å². The van der Waals surface area contributed by atoms with Crippen LogP contribution in [0.3, 0.4) is 0 Å². The van der Waals surface area contributed by atoms with Gasteiger partial charge in [0.25, 0.3) is 0 Å². The van der Waals surface area contributed by atoms with Crippen molar-refractivity contribution in [1.82, 2.24) is 15.0 Å². The van der Waals surface area contributed by atoms with Crippen LogP contribution in [0.2, 0.25) is 0 Å². The summed E-state index contributed by atoms with van der Waals surface area (Å²) in [4.78, 5) is 14.4. The summed E-state index contributed by atoms with van der Waals surface area (Å²) in [5.74, 6) is 2.17. The molecule has 1 aliphatic rings. The largest absolute Gasteiger partial charge is 0.213 e. The van der Waals surface area contributed by atoms with E-state index in [9.17, 15) is 0 Å². The Morgan fingerprint density at radius 1 is 0.594 bits per heavy atom. The van der Waals surface area contributed by atoms with Crippen molar-refractivity contribution < 1.29 is 0 Å². The van der Waals surface area contributed by atoms with E-state index in [4.69, 9.17) is 9.97 Å². The summed E-state index contributed by atoms with van der Waals surface area (Å²) in [6, 6.07) is 29.9. The first-order valence-electron chi connectivity index (χ1n) is 11.0. The SMILES string of the molecule is Cc1nc(-c2ccc3ccccc3c2)nc(-c2cccc3c2C(C)(C)c2ccccc2-3)n1. The van der Waals surface area contributed by atoms with Gasteiger partial charge in [-0.1, -0.05) is 92.7 Å². The fraction of sp³-hybridized carbons (Fsp3) is 0.138. The van der Waals surface area contributed by atoms with E-state index < -0.39 is 0 Å². The lowest BCUT2D eigenvalue weighted by atomic mass is 9.80. The zero-order valence-electron chi connectivity index (χ0n) is 18.4. The quantitative estimate of drug-likeness (QED) is 0.313. The lowest BCUT2D eigenvalue weighted by Gasteiger charge is -2.24. The third-order valence-electron chi connectivity index (χ3n) is 6.58. The molecule has 32 heavy (non-hydrogen) atoms. The predicted octanol–water partition coefficient (Wildman–Crippen LogP) is 6.97. The summed E-state index contributed by atoms with van der Waals surface area (Å²) < 4.78 is 0. The molecule has 1 heterocycles. The Morgan fingerprint density at radius 3 is 2.16 bits per heavy atom. The molecule has 5 aromatic rings. The standard InChI is InChI=1S/C29H23N3/c1-18-30-27(21-16-15-19-9-4-5-10-20(19)17-21)32-28(31-18)24-13-8-12-23-22-11-6-7-14-25(22)29(2,3)26(23)24/h4-17H,1-3H3. The van der Waals surface area contributed by atoms with E-state index in [-0.39, 0.29) is 5.41 Å². The monoisotopic (exact) mass is 413 g/mol. The van der Waals surface area contributed by atoms with Crippen molar-refractivity contribution in [3.05, 3.63) is 102 Å². The molecule has 0 N–H and O–H groups in total. The molecule has 0 unspecified atom stereocenters. The third kappa shape index (κ3) is 2.78. The first-order valence-corrected chi connectivity index (χ1v) is 11.0. The van der Waals surface area contributed by atoms with Gasteiger partial charge in [-0.15, -0.1) is 0 Å². The van der Waals surface area contributed by atoms with E-state index in [0.29, 0.717) is 5.82 Å². The molecule has 0 aliphatic heterocycles. The fourth-order valence-electron chi connectivity index (χ4n) is 5.09. The average molecular weight is 414 g/mol. The van der Waals surface area contributed by atoms with Crippen LogP contribution in [0.4, 0.5) is 0 Å². The highest BCUT2D eigenvalue weighted by Crippen LogP contribution is 2.51. The summed E-state index contributed by atoms with van der Waals surface area (Å²) in [6.45, 7) is 6.53. The summed E-state index contributed by atoms with van der Waals surface area (Å²) in [7, 11) is 0. The fourth-order valence-corrected chi connectivity index (χ4v) is 5.09. The molecule has 154 valence electrons. The van der Waals surface area contributed by atoms with Crippen molar-refractivity contribution in [2.24, 2.45) is 0 Å². The number of hydrogen-bond acceptors (Lipinski definition) is 3. The number of aromatic nitrogens is 3. The van der Waals surface area contributed by atoms with Gasteiger partial charge in [-0.25, -0.2) is 15.0 Å². The Morgan fingerprint density at radius 2 is 1.28 bits per heavy atom. The van der Waals surface area contributed by atoms with Crippen molar-refractivity contribution in [3.63, 3.8) is 0 Å². The summed E-state index contributed by atoms with van der Waals surface area (Å²) in [6.07, 6.45) is 0. The number of aryl methyl sites for hydroxylation is 1. The van der Waals surface area contributed by atoms with Gasteiger partial charge in [-0.2, -0.15) is 0 Å². The first kappa shape index (κ1) is 18.9. The van der Waals surface area contributed by atoms with Crippen LogP contribution in [-0.4, -0.2) is 15.0 Å². The summed E-state index contributed by atoms with van der Waals surface area (Å²) in [5.41, 5.74) is 7.18.